The third-order valence-corrected chi connectivity index (χ3v) is 8.66. The summed E-state index contributed by atoms with van der Waals surface area (Å²) >= 11 is 0. The molecule has 6 rings (SSSR count). The fourth-order valence-corrected chi connectivity index (χ4v) is 6.23. The van der Waals surface area contributed by atoms with E-state index in [2.05, 4.69) is 36.7 Å². The number of rotatable bonds is 6. The predicted octanol–water partition coefficient (Wildman–Crippen LogP) is 3.89. The van der Waals surface area contributed by atoms with Crippen molar-refractivity contribution in [1.82, 2.24) is 24.9 Å². The lowest BCUT2D eigenvalue weighted by Crippen LogP contribution is -2.62. The van der Waals surface area contributed by atoms with Crippen LogP contribution >= 0.6 is 0 Å². The van der Waals surface area contributed by atoms with Crippen LogP contribution in [0, 0.1) is 28.9 Å². The number of amides is 1. The van der Waals surface area contributed by atoms with Crippen molar-refractivity contribution in [3.63, 3.8) is 0 Å². The molecule has 14 heteroatoms. The molecule has 0 saturated carbocycles. The van der Waals surface area contributed by atoms with E-state index in [-0.39, 0.29) is 29.3 Å². The van der Waals surface area contributed by atoms with E-state index >= 15 is 8.78 Å². The van der Waals surface area contributed by atoms with Gasteiger partial charge in [0.1, 0.15) is 11.6 Å². The van der Waals surface area contributed by atoms with Crippen molar-refractivity contribution in [2.24, 2.45) is 11.7 Å². The smallest absolute Gasteiger partial charge is 0.407 e. The Kier molecular flexibility index (Phi) is 8.22. The molecule has 1 amide bonds. The fourth-order valence-electron chi connectivity index (χ4n) is 6.23. The first kappa shape index (κ1) is 30.2. The number of imidazole rings is 1. The van der Waals surface area contributed by atoms with Crippen LogP contribution in [0.5, 0.6) is 0 Å². The van der Waals surface area contributed by atoms with E-state index in [4.69, 9.17) is 15.2 Å². The number of methoxy groups -OCH3 is 1. The van der Waals surface area contributed by atoms with Crippen LogP contribution in [-0.4, -0.2) is 71.2 Å². The van der Waals surface area contributed by atoms with Crippen LogP contribution in [0.1, 0.15) is 25.3 Å². The maximum absolute atomic E-state index is 15.6. The van der Waals surface area contributed by atoms with Gasteiger partial charge in [0.05, 0.1) is 65.2 Å². The van der Waals surface area contributed by atoms with E-state index in [0.717, 1.165) is 5.69 Å². The van der Waals surface area contributed by atoms with Crippen molar-refractivity contribution >= 4 is 28.9 Å². The number of ether oxygens (including phenoxy) is 2. The fraction of sp³-hybridized carbons (Fsp3) is 0.387. The standard InChI is InChI=1S/C31H33F2N9O3/c1-18-15-41(16-23(35)28(18)39-30(43)44-2)26-5-8-36-14-25(26)38-29-37-13-20-3-4-24(40-42(20)29)27-21(32)11-19(12-22(27)33)31(17-34)6-9-45-10-7-31/h3-5,8,11-14,18,23,28H,6-7,9-10,15-16,35H2,1-2H3,(H,37,38)(H,39,43). The highest BCUT2D eigenvalue weighted by molar-refractivity contribution is 5.74. The summed E-state index contributed by atoms with van der Waals surface area (Å²) < 4.78 is 42.7. The van der Waals surface area contributed by atoms with Crippen LogP contribution < -0.4 is 21.3 Å². The number of carbonyl (C=O) groups is 1. The molecule has 0 aliphatic carbocycles. The quantitative estimate of drug-likeness (QED) is 0.290. The molecule has 1 aromatic carbocycles. The Morgan fingerprint density at radius 3 is 2.62 bits per heavy atom. The van der Waals surface area contributed by atoms with Crippen molar-refractivity contribution in [1.29, 1.82) is 5.26 Å². The highest BCUT2D eigenvalue weighted by Gasteiger charge is 2.37. The summed E-state index contributed by atoms with van der Waals surface area (Å²) in [7, 11) is 1.31. The van der Waals surface area contributed by atoms with Gasteiger partial charge >= 0.3 is 6.09 Å². The highest BCUT2D eigenvalue weighted by atomic mass is 19.1. The van der Waals surface area contributed by atoms with Crippen LogP contribution in [-0.2, 0) is 14.9 Å². The second-order valence-electron chi connectivity index (χ2n) is 11.5. The van der Waals surface area contributed by atoms with E-state index in [9.17, 15) is 10.1 Å². The molecule has 2 aliphatic heterocycles. The first-order valence-electron chi connectivity index (χ1n) is 14.6. The number of alkyl carbamates (subject to hydrolysis) is 1. The van der Waals surface area contributed by atoms with Gasteiger partial charge in [-0.25, -0.2) is 18.6 Å². The maximum atomic E-state index is 15.6. The molecule has 0 spiro atoms. The number of benzene rings is 1. The van der Waals surface area contributed by atoms with Gasteiger partial charge in [0.2, 0.25) is 5.95 Å². The molecule has 0 bridgehead atoms. The van der Waals surface area contributed by atoms with Crippen molar-refractivity contribution in [3.05, 3.63) is 66.1 Å². The highest BCUT2D eigenvalue weighted by Crippen LogP contribution is 2.38. The van der Waals surface area contributed by atoms with Crippen molar-refractivity contribution in [2.45, 2.75) is 37.3 Å². The third kappa shape index (κ3) is 5.72. The molecular weight excluding hydrogens is 584 g/mol. The molecule has 2 fully saturated rings. The minimum Gasteiger partial charge on any atom is -0.453 e. The molecule has 12 nitrogen and oxygen atoms in total. The van der Waals surface area contributed by atoms with Crippen LogP contribution in [0.15, 0.2) is 48.9 Å². The second kappa shape index (κ2) is 12.3. The van der Waals surface area contributed by atoms with E-state index in [0.29, 0.717) is 61.9 Å². The van der Waals surface area contributed by atoms with Gasteiger partial charge in [-0.1, -0.05) is 6.92 Å². The molecule has 3 atom stereocenters. The zero-order chi connectivity index (χ0) is 31.7. The van der Waals surface area contributed by atoms with Crippen molar-refractivity contribution in [2.75, 3.05) is 43.6 Å². The Labute approximate surface area is 258 Å². The Morgan fingerprint density at radius 1 is 1.18 bits per heavy atom. The minimum absolute atomic E-state index is 0.0102. The zero-order valence-electron chi connectivity index (χ0n) is 24.8. The molecule has 3 aromatic heterocycles. The van der Waals surface area contributed by atoms with Gasteiger partial charge < -0.3 is 30.7 Å². The Hall–Kier alpha value is -4.87. The molecule has 0 radical (unpaired) electrons. The number of fused-ring (bicyclic) bond motifs is 1. The second-order valence-corrected chi connectivity index (χ2v) is 11.5. The number of aromatic nitrogens is 4. The van der Waals surface area contributed by atoms with Gasteiger partial charge in [-0.15, -0.1) is 0 Å². The molecule has 3 unspecified atom stereocenters. The lowest BCUT2D eigenvalue weighted by molar-refractivity contribution is 0.0674. The van der Waals surface area contributed by atoms with Crippen LogP contribution in [0.4, 0.5) is 30.9 Å². The summed E-state index contributed by atoms with van der Waals surface area (Å²) in [4.78, 5) is 22.7. The number of hydrogen-bond acceptors (Lipinski definition) is 10. The molecule has 2 aliphatic rings. The van der Waals surface area contributed by atoms with Crippen LogP contribution in [0.2, 0.25) is 0 Å². The zero-order valence-corrected chi connectivity index (χ0v) is 24.8. The summed E-state index contributed by atoms with van der Waals surface area (Å²) in [5.74, 6) is -1.30. The van der Waals surface area contributed by atoms with Crippen LogP contribution in [0.3, 0.4) is 0 Å². The number of hydrogen-bond donors (Lipinski definition) is 3. The largest absolute Gasteiger partial charge is 0.453 e. The molecule has 4 aromatic rings. The lowest BCUT2D eigenvalue weighted by atomic mass is 9.75. The van der Waals surface area contributed by atoms with E-state index in [1.54, 1.807) is 24.7 Å². The molecular formula is C31H33F2N9O3. The van der Waals surface area contributed by atoms with Gasteiger partial charge in [-0.05, 0) is 54.7 Å². The number of nitrogens with zero attached hydrogens (tertiary/aromatic N) is 6. The van der Waals surface area contributed by atoms with Crippen LogP contribution in [0.25, 0.3) is 16.8 Å². The summed E-state index contributed by atoms with van der Waals surface area (Å²) in [6, 6.07) is 9.13. The maximum Gasteiger partial charge on any atom is 0.407 e. The number of halogens is 2. The number of nitrogens with two attached hydrogens (primary N) is 1. The normalized spacial score (nSPS) is 21.2. The minimum atomic E-state index is -1.01. The number of piperidine rings is 1. The lowest BCUT2D eigenvalue weighted by Gasteiger charge is -2.42. The topological polar surface area (TPSA) is 156 Å². The molecule has 45 heavy (non-hydrogen) atoms. The average Bonchev–Trinajstić information content (AvgIpc) is 3.44. The Morgan fingerprint density at radius 2 is 1.93 bits per heavy atom. The molecule has 4 N–H and O–H groups in total. The predicted molar refractivity (Wildman–Crippen MR) is 162 cm³/mol. The number of nitriles is 1. The van der Waals surface area contributed by atoms with Gasteiger partial charge in [-0.2, -0.15) is 14.9 Å². The van der Waals surface area contributed by atoms with E-state index in [1.165, 1.54) is 29.8 Å². The summed E-state index contributed by atoms with van der Waals surface area (Å²) in [6.45, 7) is 3.76. The van der Waals surface area contributed by atoms with Gasteiger partial charge in [0.15, 0.2) is 0 Å². The Bertz CT molecular complexity index is 1730. The molecule has 2 saturated heterocycles. The number of anilines is 3. The molecule has 234 valence electrons. The summed E-state index contributed by atoms with van der Waals surface area (Å²) in [5.41, 5.74) is 7.55. The summed E-state index contributed by atoms with van der Waals surface area (Å²) in [6.07, 6.45) is 5.10. The SMILES string of the molecule is COC(=O)NC1C(C)CN(c2ccncc2Nc2ncc3ccc(-c4c(F)cc(C5(C#N)CCOCC5)cc4F)nn23)CC1N. The number of nitrogens with one attached hydrogen (secondary N) is 2. The van der Waals surface area contributed by atoms with Gasteiger partial charge in [0, 0.05) is 38.5 Å². The van der Waals surface area contributed by atoms with E-state index < -0.39 is 23.1 Å². The Balaban J connectivity index is 1.29. The average molecular weight is 618 g/mol. The summed E-state index contributed by atoms with van der Waals surface area (Å²) in [5, 5.41) is 20.5. The first-order valence-corrected chi connectivity index (χ1v) is 14.6. The first-order chi connectivity index (χ1) is 21.7. The van der Waals surface area contributed by atoms with Crippen molar-refractivity contribution in [3.8, 4) is 17.3 Å². The number of carbonyl (C=O) groups excluding carboxylic acids is 1. The molecule has 5 heterocycles. The van der Waals surface area contributed by atoms with Crippen molar-refractivity contribution < 1.29 is 23.0 Å². The van der Waals surface area contributed by atoms with Gasteiger partial charge in [-0.3, -0.25) is 4.98 Å². The van der Waals surface area contributed by atoms with Gasteiger partial charge in [0.25, 0.3) is 0 Å². The monoisotopic (exact) mass is 617 g/mol. The van der Waals surface area contributed by atoms with E-state index in [1.807, 2.05) is 13.0 Å². The third-order valence-electron chi connectivity index (χ3n) is 8.66. The number of pyridine rings is 1.